The maximum absolute atomic E-state index is 12.3. The first-order valence-electron chi connectivity index (χ1n) is 6.01. The van der Waals surface area contributed by atoms with Gasteiger partial charge >= 0.3 is 0 Å². The highest BCUT2D eigenvalue weighted by molar-refractivity contribution is 5.81. The van der Waals surface area contributed by atoms with Gasteiger partial charge in [0.2, 0.25) is 0 Å². The molecule has 3 nitrogen and oxygen atoms in total. The zero-order chi connectivity index (χ0) is 12.5. The summed E-state index contributed by atoms with van der Waals surface area (Å²) in [6, 6.07) is 10.1. The number of amides is 1. The van der Waals surface area contributed by atoms with E-state index in [4.69, 9.17) is 4.84 Å². The van der Waals surface area contributed by atoms with Crippen LogP contribution in [0.15, 0.2) is 30.3 Å². The maximum Gasteiger partial charge on any atom is 0.252 e. The van der Waals surface area contributed by atoms with Crippen LogP contribution in [0.1, 0.15) is 38.8 Å². The fourth-order valence-corrected chi connectivity index (χ4v) is 1.98. The van der Waals surface area contributed by atoms with Gasteiger partial charge in [0, 0.05) is 11.8 Å². The number of nitrogens with zero attached hydrogens (tertiary/aromatic N) is 1. The monoisotopic (exact) mass is 233 g/mol. The van der Waals surface area contributed by atoms with Crippen LogP contribution in [0.25, 0.3) is 0 Å². The summed E-state index contributed by atoms with van der Waals surface area (Å²) < 4.78 is 0. The average Bonchev–Trinajstić information content (AvgIpc) is 2.76. The summed E-state index contributed by atoms with van der Waals surface area (Å²) in [6.45, 7) is 6.36. The molecule has 0 radical (unpaired) electrons. The Bertz CT molecular complexity index is 394. The lowest BCUT2D eigenvalue weighted by Crippen LogP contribution is -2.38. The van der Waals surface area contributed by atoms with Crippen molar-refractivity contribution in [1.29, 1.82) is 0 Å². The van der Waals surface area contributed by atoms with Gasteiger partial charge in [0.1, 0.15) is 0 Å². The van der Waals surface area contributed by atoms with Gasteiger partial charge in [-0.3, -0.25) is 9.63 Å². The molecule has 0 aliphatic carbocycles. The number of hydrogen-bond donors (Lipinski definition) is 0. The summed E-state index contributed by atoms with van der Waals surface area (Å²) in [5, 5.41) is 1.55. The molecule has 1 aliphatic heterocycles. The van der Waals surface area contributed by atoms with Crippen LogP contribution in [-0.2, 0) is 9.63 Å². The molecule has 17 heavy (non-hydrogen) atoms. The number of benzene rings is 1. The molecule has 1 aliphatic rings. The van der Waals surface area contributed by atoms with Gasteiger partial charge in [-0.15, -0.1) is 0 Å². The highest BCUT2D eigenvalue weighted by Crippen LogP contribution is 2.33. The second-order valence-corrected chi connectivity index (χ2v) is 5.43. The molecule has 3 heteroatoms. The Morgan fingerprint density at radius 2 is 1.94 bits per heavy atom. The number of hydroxylamine groups is 2. The predicted molar refractivity (Wildman–Crippen MR) is 66.1 cm³/mol. The zero-order valence-corrected chi connectivity index (χ0v) is 10.6. The topological polar surface area (TPSA) is 29.5 Å². The Morgan fingerprint density at radius 3 is 2.53 bits per heavy atom. The van der Waals surface area contributed by atoms with Crippen molar-refractivity contribution in [3.63, 3.8) is 0 Å². The van der Waals surface area contributed by atoms with E-state index in [1.165, 1.54) is 0 Å². The Kier molecular flexibility index (Phi) is 3.20. The molecule has 1 aromatic rings. The summed E-state index contributed by atoms with van der Waals surface area (Å²) in [5.41, 5.74) is 0.736. The van der Waals surface area contributed by atoms with E-state index in [9.17, 15) is 4.79 Å². The molecule has 92 valence electrons. The van der Waals surface area contributed by atoms with Crippen molar-refractivity contribution < 1.29 is 9.63 Å². The minimum absolute atomic E-state index is 0.0452. The minimum atomic E-state index is -0.405. The van der Waals surface area contributed by atoms with Gasteiger partial charge in [0.25, 0.3) is 5.91 Å². The van der Waals surface area contributed by atoms with Crippen molar-refractivity contribution in [3.8, 4) is 0 Å². The molecule has 1 heterocycles. The van der Waals surface area contributed by atoms with Crippen molar-refractivity contribution in [2.45, 2.75) is 33.2 Å². The van der Waals surface area contributed by atoms with E-state index in [1.54, 1.807) is 5.06 Å². The molecule has 0 N–H and O–H groups in total. The van der Waals surface area contributed by atoms with E-state index in [1.807, 2.05) is 51.1 Å². The van der Waals surface area contributed by atoms with Crippen molar-refractivity contribution in [3.05, 3.63) is 35.9 Å². The van der Waals surface area contributed by atoms with Gasteiger partial charge in [-0.25, -0.2) is 5.06 Å². The molecular formula is C14H19NO2. The van der Waals surface area contributed by atoms with Crippen molar-refractivity contribution in [2.24, 2.45) is 5.41 Å². The van der Waals surface area contributed by atoms with Gasteiger partial charge in [0.15, 0.2) is 0 Å². The number of carbonyl (C=O) groups excluding carboxylic acids is 1. The molecule has 1 fully saturated rings. The van der Waals surface area contributed by atoms with Crippen LogP contribution in [0.5, 0.6) is 0 Å². The molecule has 2 rings (SSSR count). The highest BCUT2D eigenvalue weighted by atomic mass is 16.7. The molecule has 1 atom stereocenters. The Morgan fingerprint density at radius 1 is 1.29 bits per heavy atom. The molecule has 0 bridgehead atoms. The lowest BCUT2D eigenvalue weighted by Gasteiger charge is -2.29. The molecule has 1 saturated heterocycles. The fraction of sp³-hybridized carbons (Fsp3) is 0.500. The minimum Gasteiger partial charge on any atom is -0.272 e. The Balaban J connectivity index is 2.22. The standard InChI is InChI=1S/C14H19NO2/c1-14(2,3)13(16)15-12(9-10-17-15)11-7-5-4-6-8-11/h4-8,12H,9-10H2,1-3H3. The van der Waals surface area contributed by atoms with Crippen LogP contribution in [0.2, 0.25) is 0 Å². The largest absolute Gasteiger partial charge is 0.272 e. The van der Waals surface area contributed by atoms with Crippen molar-refractivity contribution in [2.75, 3.05) is 6.61 Å². The summed E-state index contributed by atoms with van der Waals surface area (Å²) >= 11 is 0. The quantitative estimate of drug-likeness (QED) is 0.746. The molecule has 0 spiro atoms. The second-order valence-electron chi connectivity index (χ2n) is 5.43. The molecular weight excluding hydrogens is 214 g/mol. The maximum atomic E-state index is 12.3. The summed E-state index contributed by atoms with van der Waals surface area (Å²) in [5.74, 6) is 0.0452. The summed E-state index contributed by atoms with van der Waals surface area (Å²) in [6.07, 6.45) is 0.867. The van der Waals surface area contributed by atoms with Crippen LogP contribution < -0.4 is 0 Å². The van der Waals surface area contributed by atoms with Crippen LogP contribution in [0.3, 0.4) is 0 Å². The lowest BCUT2D eigenvalue weighted by atomic mass is 9.94. The van der Waals surface area contributed by atoms with E-state index < -0.39 is 5.41 Å². The normalized spacial score (nSPS) is 20.6. The molecule has 1 unspecified atom stereocenters. The van der Waals surface area contributed by atoms with E-state index in [2.05, 4.69) is 0 Å². The second kappa shape index (κ2) is 4.49. The Hall–Kier alpha value is -1.35. The van der Waals surface area contributed by atoms with Crippen LogP contribution in [0.4, 0.5) is 0 Å². The van der Waals surface area contributed by atoms with Gasteiger partial charge < -0.3 is 0 Å². The molecule has 0 aromatic heterocycles. The lowest BCUT2D eigenvalue weighted by molar-refractivity contribution is -0.186. The van der Waals surface area contributed by atoms with Gasteiger partial charge in [-0.05, 0) is 5.56 Å². The molecule has 1 aromatic carbocycles. The third kappa shape index (κ3) is 2.50. The van der Waals surface area contributed by atoms with Gasteiger partial charge in [-0.1, -0.05) is 51.1 Å². The number of carbonyl (C=O) groups is 1. The van der Waals surface area contributed by atoms with Crippen LogP contribution in [0, 0.1) is 5.41 Å². The third-order valence-electron chi connectivity index (χ3n) is 2.93. The molecule has 1 amide bonds. The predicted octanol–water partition coefficient (Wildman–Crippen LogP) is 2.94. The van der Waals surface area contributed by atoms with Crippen molar-refractivity contribution in [1.82, 2.24) is 5.06 Å². The first-order chi connectivity index (χ1) is 8.00. The Labute approximate surface area is 102 Å². The van der Waals surface area contributed by atoms with E-state index in [0.717, 1.165) is 12.0 Å². The van der Waals surface area contributed by atoms with Gasteiger partial charge in [0.05, 0.1) is 12.6 Å². The fourth-order valence-electron chi connectivity index (χ4n) is 1.98. The summed E-state index contributed by atoms with van der Waals surface area (Å²) in [4.78, 5) is 17.7. The van der Waals surface area contributed by atoms with E-state index in [-0.39, 0.29) is 11.9 Å². The smallest absolute Gasteiger partial charge is 0.252 e. The van der Waals surface area contributed by atoms with Gasteiger partial charge in [-0.2, -0.15) is 0 Å². The number of hydrogen-bond acceptors (Lipinski definition) is 2. The zero-order valence-electron chi connectivity index (χ0n) is 10.6. The third-order valence-corrected chi connectivity index (χ3v) is 2.93. The van der Waals surface area contributed by atoms with Crippen molar-refractivity contribution >= 4 is 5.91 Å². The van der Waals surface area contributed by atoms with Crippen LogP contribution in [-0.4, -0.2) is 17.6 Å². The summed E-state index contributed by atoms with van der Waals surface area (Å²) in [7, 11) is 0. The average molecular weight is 233 g/mol. The van der Waals surface area contributed by atoms with E-state index in [0.29, 0.717) is 6.61 Å². The number of rotatable bonds is 1. The van der Waals surface area contributed by atoms with Crippen LogP contribution >= 0.6 is 0 Å². The first-order valence-corrected chi connectivity index (χ1v) is 6.01. The SMILES string of the molecule is CC(C)(C)C(=O)N1OCCC1c1ccccc1. The first kappa shape index (κ1) is 12.1. The highest BCUT2D eigenvalue weighted by Gasteiger charge is 2.37. The van der Waals surface area contributed by atoms with E-state index >= 15 is 0 Å². The molecule has 0 saturated carbocycles.